The van der Waals surface area contributed by atoms with E-state index in [9.17, 15) is 9.90 Å². The lowest BCUT2D eigenvalue weighted by molar-refractivity contribution is -0.0389. The highest BCUT2D eigenvalue weighted by Crippen LogP contribution is 2.23. The minimum atomic E-state index is -0.372. The summed E-state index contributed by atoms with van der Waals surface area (Å²) < 4.78 is 5.47. The van der Waals surface area contributed by atoms with Crippen LogP contribution in [0.4, 0.5) is 4.79 Å². The number of piperidine rings is 1. The zero-order valence-electron chi connectivity index (χ0n) is 16.5. The lowest BCUT2D eigenvalue weighted by Gasteiger charge is -2.45. The van der Waals surface area contributed by atoms with Gasteiger partial charge in [-0.1, -0.05) is 0 Å². The molecule has 0 bridgehead atoms. The van der Waals surface area contributed by atoms with E-state index in [0.717, 1.165) is 71.7 Å². The second kappa shape index (κ2) is 8.87. The molecule has 2 amide bonds. The molecule has 0 unspecified atom stereocenters. The highest BCUT2D eigenvalue weighted by Gasteiger charge is 2.34. The Bertz CT molecular complexity index is 462. The summed E-state index contributed by atoms with van der Waals surface area (Å²) in [5, 5.41) is 13.6. The Morgan fingerprint density at radius 2 is 1.85 bits per heavy atom. The molecule has 0 aromatic rings. The van der Waals surface area contributed by atoms with Crippen molar-refractivity contribution in [1.29, 1.82) is 0 Å². The number of amides is 2. The normalized spacial score (nSPS) is 29.1. The highest BCUT2D eigenvalue weighted by molar-refractivity contribution is 5.74. The Balaban J connectivity index is 1.42. The number of aliphatic hydroxyl groups is 1. The molecule has 2 atom stereocenters. The SMILES string of the molecule is CC(C)(CN1CC[C@@H](CNC(=O)N2CCCC2)[C@H](O)C1)N1CCOCC1. The lowest BCUT2D eigenvalue weighted by atomic mass is 9.92. The molecule has 0 aliphatic carbocycles. The molecule has 3 aliphatic heterocycles. The Kier molecular flexibility index (Phi) is 6.77. The maximum Gasteiger partial charge on any atom is 0.317 e. The van der Waals surface area contributed by atoms with Gasteiger partial charge >= 0.3 is 6.03 Å². The number of carbonyl (C=O) groups excluding carboxylic acids is 1. The number of carbonyl (C=O) groups is 1. The van der Waals surface area contributed by atoms with E-state index in [1.807, 2.05) is 4.90 Å². The summed E-state index contributed by atoms with van der Waals surface area (Å²) in [6.07, 6.45) is 2.77. The molecule has 3 fully saturated rings. The summed E-state index contributed by atoms with van der Waals surface area (Å²) in [6.45, 7) is 13.1. The number of morpholine rings is 1. The Morgan fingerprint density at radius 3 is 2.50 bits per heavy atom. The van der Waals surface area contributed by atoms with E-state index >= 15 is 0 Å². The maximum atomic E-state index is 12.1. The number of likely N-dealkylation sites (tertiary alicyclic amines) is 2. The van der Waals surface area contributed by atoms with Gasteiger partial charge in [0.25, 0.3) is 0 Å². The number of ether oxygens (including phenoxy) is 1. The van der Waals surface area contributed by atoms with Gasteiger partial charge in [-0.15, -0.1) is 0 Å². The minimum absolute atomic E-state index is 0.0329. The molecule has 3 aliphatic rings. The van der Waals surface area contributed by atoms with Gasteiger partial charge in [-0.25, -0.2) is 4.79 Å². The molecule has 0 radical (unpaired) electrons. The molecule has 7 heteroatoms. The predicted octanol–water partition coefficient (Wildman–Crippen LogP) is 0.585. The molecule has 26 heavy (non-hydrogen) atoms. The van der Waals surface area contributed by atoms with Crippen molar-refractivity contribution in [1.82, 2.24) is 20.0 Å². The molecular formula is C19H36N4O3. The van der Waals surface area contributed by atoms with Crippen molar-refractivity contribution >= 4 is 6.03 Å². The van der Waals surface area contributed by atoms with E-state index in [0.29, 0.717) is 13.1 Å². The summed E-state index contributed by atoms with van der Waals surface area (Å²) in [4.78, 5) is 18.9. The molecule has 2 N–H and O–H groups in total. The summed E-state index contributed by atoms with van der Waals surface area (Å²) >= 11 is 0. The van der Waals surface area contributed by atoms with Crippen molar-refractivity contribution in [2.24, 2.45) is 5.92 Å². The third kappa shape index (κ3) is 5.09. The average molecular weight is 369 g/mol. The average Bonchev–Trinajstić information content (AvgIpc) is 3.16. The van der Waals surface area contributed by atoms with Crippen LogP contribution in [0.1, 0.15) is 33.1 Å². The number of aliphatic hydroxyl groups excluding tert-OH is 1. The van der Waals surface area contributed by atoms with Crippen molar-refractivity contribution in [3.63, 3.8) is 0 Å². The number of hydrogen-bond acceptors (Lipinski definition) is 5. The smallest absolute Gasteiger partial charge is 0.317 e. The van der Waals surface area contributed by atoms with Crippen LogP contribution in [-0.4, -0.2) is 103 Å². The molecular weight excluding hydrogens is 332 g/mol. The molecule has 3 saturated heterocycles. The van der Waals surface area contributed by atoms with Gasteiger partial charge in [-0.2, -0.15) is 0 Å². The molecule has 0 aromatic carbocycles. The first-order valence-corrected chi connectivity index (χ1v) is 10.2. The zero-order chi connectivity index (χ0) is 18.6. The monoisotopic (exact) mass is 368 g/mol. The minimum Gasteiger partial charge on any atom is -0.391 e. The second-order valence-corrected chi connectivity index (χ2v) is 8.64. The second-order valence-electron chi connectivity index (χ2n) is 8.64. The van der Waals surface area contributed by atoms with Gasteiger partial charge in [-0.05, 0) is 39.7 Å². The van der Waals surface area contributed by atoms with E-state index in [-0.39, 0.29) is 23.6 Å². The Labute approximate surface area is 157 Å². The van der Waals surface area contributed by atoms with Gasteiger partial charge in [0.1, 0.15) is 0 Å². The molecule has 0 spiro atoms. The zero-order valence-corrected chi connectivity index (χ0v) is 16.5. The van der Waals surface area contributed by atoms with E-state index in [1.165, 1.54) is 0 Å². The lowest BCUT2D eigenvalue weighted by Crippen LogP contribution is -2.58. The first kappa shape index (κ1) is 19.9. The predicted molar refractivity (Wildman–Crippen MR) is 101 cm³/mol. The van der Waals surface area contributed by atoms with Crippen LogP contribution < -0.4 is 5.32 Å². The van der Waals surface area contributed by atoms with E-state index in [4.69, 9.17) is 4.74 Å². The molecule has 150 valence electrons. The third-order valence-corrected chi connectivity index (χ3v) is 6.19. The van der Waals surface area contributed by atoms with Crippen LogP contribution in [0.15, 0.2) is 0 Å². The molecule has 3 heterocycles. The van der Waals surface area contributed by atoms with Gasteiger partial charge in [0.2, 0.25) is 0 Å². The fraction of sp³-hybridized carbons (Fsp3) is 0.947. The first-order chi connectivity index (χ1) is 12.5. The number of nitrogens with zero attached hydrogens (tertiary/aromatic N) is 3. The topological polar surface area (TPSA) is 68.3 Å². The van der Waals surface area contributed by atoms with Crippen LogP contribution in [-0.2, 0) is 4.74 Å². The van der Waals surface area contributed by atoms with E-state index < -0.39 is 0 Å². The first-order valence-electron chi connectivity index (χ1n) is 10.2. The number of nitrogens with one attached hydrogen (secondary N) is 1. The highest BCUT2D eigenvalue weighted by atomic mass is 16.5. The van der Waals surface area contributed by atoms with Gasteiger partial charge in [0.05, 0.1) is 19.3 Å². The number of urea groups is 1. The van der Waals surface area contributed by atoms with Gasteiger partial charge in [0.15, 0.2) is 0 Å². The largest absolute Gasteiger partial charge is 0.391 e. The van der Waals surface area contributed by atoms with E-state index in [1.54, 1.807) is 0 Å². The summed E-state index contributed by atoms with van der Waals surface area (Å²) in [7, 11) is 0. The number of rotatable bonds is 5. The molecule has 0 saturated carbocycles. The molecule has 7 nitrogen and oxygen atoms in total. The van der Waals surface area contributed by atoms with Crippen LogP contribution in [0.2, 0.25) is 0 Å². The summed E-state index contributed by atoms with van der Waals surface area (Å²) in [5.74, 6) is 0.157. The van der Waals surface area contributed by atoms with Gasteiger partial charge < -0.3 is 20.1 Å². The fourth-order valence-electron chi connectivity index (χ4n) is 4.49. The Hall–Kier alpha value is -0.890. The van der Waals surface area contributed by atoms with Crippen molar-refractivity contribution in [2.75, 3.05) is 65.6 Å². The van der Waals surface area contributed by atoms with Gasteiger partial charge in [-0.3, -0.25) is 9.80 Å². The number of hydrogen-bond donors (Lipinski definition) is 2. The van der Waals surface area contributed by atoms with Crippen LogP contribution in [0.3, 0.4) is 0 Å². The van der Waals surface area contributed by atoms with Crippen LogP contribution >= 0.6 is 0 Å². The molecule has 3 rings (SSSR count). The van der Waals surface area contributed by atoms with Crippen molar-refractivity contribution in [3.05, 3.63) is 0 Å². The molecule has 0 aromatic heterocycles. The maximum absolute atomic E-state index is 12.1. The fourth-order valence-corrected chi connectivity index (χ4v) is 4.49. The van der Waals surface area contributed by atoms with E-state index in [2.05, 4.69) is 29.0 Å². The van der Waals surface area contributed by atoms with Crippen molar-refractivity contribution in [2.45, 2.75) is 44.8 Å². The van der Waals surface area contributed by atoms with Crippen LogP contribution in [0.25, 0.3) is 0 Å². The van der Waals surface area contributed by atoms with Crippen LogP contribution in [0, 0.1) is 5.92 Å². The summed E-state index contributed by atoms with van der Waals surface area (Å²) in [6, 6.07) is 0.0329. The Morgan fingerprint density at radius 1 is 1.15 bits per heavy atom. The standard InChI is InChI=1S/C19H36N4O3/c1-19(2,23-9-11-26-12-10-23)15-21-8-5-16(17(24)14-21)13-20-18(25)22-6-3-4-7-22/h16-17,24H,3-15H2,1-2H3,(H,20,25)/t16-,17+/m0/s1. The van der Waals surface area contributed by atoms with Crippen LogP contribution in [0.5, 0.6) is 0 Å². The van der Waals surface area contributed by atoms with Gasteiger partial charge in [0, 0.05) is 57.3 Å². The third-order valence-electron chi connectivity index (χ3n) is 6.19. The number of β-amino-alcohol motifs (C(OH)–C–C–N with tert-alkyl or cyclic N) is 1. The quantitative estimate of drug-likeness (QED) is 0.743. The summed E-state index contributed by atoms with van der Waals surface area (Å²) in [5.41, 5.74) is 0.0836. The van der Waals surface area contributed by atoms with Crippen molar-refractivity contribution in [3.8, 4) is 0 Å². The van der Waals surface area contributed by atoms with Crippen molar-refractivity contribution < 1.29 is 14.6 Å².